The van der Waals surface area contributed by atoms with Gasteiger partial charge < -0.3 is 10.1 Å². The Labute approximate surface area is 100 Å². The average molecular weight is 242 g/mol. The van der Waals surface area contributed by atoms with Crippen molar-refractivity contribution in [2.75, 3.05) is 25.1 Å². The highest BCUT2D eigenvalue weighted by Crippen LogP contribution is 2.28. The molecule has 0 aliphatic heterocycles. The zero-order chi connectivity index (χ0) is 11.2. The minimum atomic E-state index is 0.418. The van der Waals surface area contributed by atoms with Crippen molar-refractivity contribution >= 4 is 17.4 Å². The third-order valence-corrected chi connectivity index (χ3v) is 2.74. The summed E-state index contributed by atoms with van der Waals surface area (Å²) in [5.74, 6) is 1.48. The van der Waals surface area contributed by atoms with Gasteiger partial charge in [0.15, 0.2) is 11.0 Å². The molecule has 1 heterocycles. The molecule has 1 aromatic rings. The second kappa shape index (κ2) is 6.01. The smallest absolute Gasteiger partial charge is 0.171 e. The van der Waals surface area contributed by atoms with Crippen LogP contribution >= 0.6 is 11.6 Å². The highest BCUT2D eigenvalue weighted by atomic mass is 35.5. The third-order valence-electron chi connectivity index (χ3n) is 2.46. The van der Waals surface area contributed by atoms with E-state index in [9.17, 15) is 0 Å². The van der Waals surface area contributed by atoms with Crippen LogP contribution in [0.5, 0.6) is 0 Å². The van der Waals surface area contributed by atoms with Crippen molar-refractivity contribution in [3.8, 4) is 0 Å². The van der Waals surface area contributed by atoms with Gasteiger partial charge >= 0.3 is 0 Å². The van der Waals surface area contributed by atoms with E-state index >= 15 is 0 Å². The molecule has 0 atom stereocenters. The molecule has 0 radical (unpaired) electrons. The van der Waals surface area contributed by atoms with Gasteiger partial charge in [0.2, 0.25) is 0 Å². The molecule has 0 spiro atoms. The lowest BCUT2D eigenvalue weighted by Crippen LogP contribution is -2.08. The fourth-order valence-corrected chi connectivity index (χ4v) is 1.53. The lowest BCUT2D eigenvalue weighted by molar-refractivity contribution is 0.124. The molecule has 5 heteroatoms. The first kappa shape index (κ1) is 11.6. The fourth-order valence-electron chi connectivity index (χ4n) is 1.36. The molecule has 0 saturated heterocycles. The maximum atomic E-state index is 5.85. The van der Waals surface area contributed by atoms with E-state index in [2.05, 4.69) is 15.3 Å². The van der Waals surface area contributed by atoms with Crippen LogP contribution in [0.1, 0.15) is 19.3 Å². The Bertz CT molecular complexity index is 331. The molecular formula is C11H16ClN3O. The Morgan fingerprint density at radius 3 is 2.94 bits per heavy atom. The van der Waals surface area contributed by atoms with Crippen molar-refractivity contribution in [3.63, 3.8) is 0 Å². The number of anilines is 1. The van der Waals surface area contributed by atoms with Crippen molar-refractivity contribution in [2.45, 2.75) is 19.3 Å². The van der Waals surface area contributed by atoms with E-state index in [0.29, 0.717) is 11.0 Å². The van der Waals surface area contributed by atoms with Crippen LogP contribution in [0.25, 0.3) is 0 Å². The monoisotopic (exact) mass is 241 g/mol. The topological polar surface area (TPSA) is 47.0 Å². The number of halogens is 1. The van der Waals surface area contributed by atoms with Gasteiger partial charge in [-0.2, -0.15) is 0 Å². The average Bonchev–Trinajstić information content (AvgIpc) is 3.09. The van der Waals surface area contributed by atoms with Crippen molar-refractivity contribution in [1.82, 2.24) is 9.97 Å². The van der Waals surface area contributed by atoms with Gasteiger partial charge in [0.25, 0.3) is 0 Å². The van der Waals surface area contributed by atoms with Crippen molar-refractivity contribution in [3.05, 3.63) is 17.5 Å². The van der Waals surface area contributed by atoms with Crippen LogP contribution in [-0.4, -0.2) is 29.7 Å². The van der Waals surface area contributed by atoms with Gasteiger partial charge in [0.05, 0.1) is 0 Å². The third kappa shape index (κ3) is 3.94. The number of nitrogens with zero attached hydrogens (tertiary/aromatic N) is 2. The summed E-state index contributed by atoms with van der Waals surface area (Å²) in [6.45, 7) is 2.52. The molecule has 1 aliphatic rings. The Morgan fingerprint density at radius 1 is 1.38 bits per heavy atom. The van der Waals surface area contributed by atoms with Crippen LogP contribution in [0, 0.1) is 5.92 Å². The molecule has 0 unspecified atom stereocenters. The van der Waals surface area contributed by atoms with Gasteiger partial charge in [-0.05, 0) is 25.2 Å². The van der Waals surface area contributed by atoms with E-state index in [4.69, 9.17) is 16.3 Å². The van der Waals surface area contributed by atoms with Gasteiger partial charge in [-0.3, -0.25) is 0 Å². The van der Waals surface area contributed by atoms with Gasteiger partial charge in [-0.25, -0.2) is 9.97 Å². The van der Waals surface area contributed by atoms with E-state index in [1.165, 1.54) is 12.8 Å². The molecule has 1 saturated carbocycles. The highest BCUT2D eigenvalue weighted by Gasteiger charge is 2.20. The normalized spacial score (nSPS) is 15.1. The first-order valence-electron chi connectivity index (χ1n) is 5.64. The summed E-state index contributed by atoms with van der Waals surface area (Å²) < 4.78 is 5.52. The zero-order valence-corrected chi connectivity index (χ0v) is 9.91. The molecule has 1 aliphatic carbocycles. The molecule has 16 heavy (non-hydrogen) atoms. The van der Waals surface area contributed by atoms with E-state index in [1.54, 1.807) is 12.4 Å². The zero-order valence-electron chi connectivity index (χ0n) is 9.16. The largest absolute Gasteiger partial charge is 0.381 e. The predicted molar refractivity (Wildman–Crippen MR) is 63.7 cm³/mol. The summed E-state index contributed by atoms with van der Waals surface area (Å²) in [6, 6.07) is 0. The molecule has 1 N–H and O–H groups in total. The quantitative estimate of drug-likeness (QED) is 0.745. The number of ether oxygens (including phenoxy) is 1. The highest BCUT2D eigenvalue weighted by molar-refractivity contribution is 6.31. The number of hydrogen-bond donors (Lipinski definition) is 1. The van der Waals surface area contributed by atoms with E-state index in [0.717, 1.165) is 32.1 Å². The van der Waals surface area contributed by atoms with E-state index in [-0.39, 0.29) is 0 Å². The van der Waals surface area contributed by atoms with Crippen LogP contribution in [0.15, 0.2) is 12.4 Å². The van der Waals surface area contributed by atoms with E-state index < -0.39 is 0 Å². The molecule has 0 aromatic carbocycles. The lowest BCUT2D eigenvalue weighted by Gasteiger charge is -2.06. The summed E-state index contributed by atoms with van der Waals surface area (Å²) in [4.78, 5) is 8.02. The van der Waals surface area contributed by atoms with Crippen LogP contribution in [0.3, 0.4) is 0 Å². The minimum absolute atomic E-state index is 0.418. The standard InChI is InChI=1S/C11H16ClN3O/c12-10-11(15-6-5-13-10)14-4-1-7-16-8-9-2-3-9/h5-6,9H,1-4,7-8H2,(H,14,15). The van der Waals surface area contributed by atoms with Gasteiger partial charge in [0.1, 0.15) is 0 Å². The van der Waals surface area contributed by atoms with Crippen LogP contribution in [0.4, 0.5) is 5.82 Å². The van der Waals surface area contributed by atoms with Gasteiger partial charge in [-0.15, -0.1) is 0 Å². The SMILES string of the molecule is Clc1nccnc1NCCCOCC1CC1. The summed E-state index contributed by atoms with van der Waals surface area (Å²) in [5.41, 5.74) is 0. The maximum absolute atomic E-state index is 5.85. The van der Waals surface area contributed by atoms with E-state index in [1.807, 2.05) is 0 Å². The summed E-state index contributed by atoms with van der Waals surface area (Å²) in [5, 5.41) is 3.55. The summed E-state index contributed by atoms with van der Waals surface area (Å²) in [7, 11) is 0. The van der Waals surface area contributed by atoms with Crippen LogP contribution in [0.2, 0.25) is 5.15 Å². The second-order valence-electron chi connectivity index (χ2n) is 3.99. The fraction of sp³-hybridized carbons (Fsp3) is 0.636. The van der Waals surface area contributed by atoms with Crippen molar-refractivity contribution in [2.24, 2.45) is 5.92 Å². The van der Waals surface area contributed by atoms with Gasteiger partial charge in [-0.1, -0.05) is 11.6 Å². The number of nitrogens with one attached hydrogen (secondary N) is 1. The minimum Gasteiger partial charge on any atom is -0.381 e. The Morgan fingerprint density at radius 2 is 2.19 bits per heavy atom. The Balaban J connectivity index is 1.55. The lowest BCUT2D eigenvalue weighted by atomic mass is 10.4. The summed E-state index contributed by atoms with van der Waals surface area (Å²) in [6.07, 6.45) is 6.84. The van der Waals surface area contributed by atoms with Crippen LogP contribution in [-0.2, 0) is 4.74 Å². The van der Waals surface area contributed by atoms with Gasteiger partial charge in [0, 0.05) is 32.2 Å². The second-order valence-corrected chi connectivity index (χ2v) is 4.35. The molecule has 0 amide bonds. The van der Waals surface area contributed by atoms with Crippen molar-refractivity contribution in [1.29, 1.82) is 0 Å². The predicted octanol–water partition coefficient (Wildman–Crippen LogP) is 2.36. The van der Waals surface area contributed by atoms with Crippen molar-refractivity contribution < 1.29 is 4.74 Å². The Kier molecular flexibility index (Phi) is 4.36. The number of hydrogen-bond acceptors (Lipinski definition) is 4. The molecule has 1 fully saturated rings. The molecule has 2 rings (SSSR count). The number of rotatable bonds is 7. The number of aromatic nitrogens is 2. The Hall–Kier alpha value is -0.870. The molecule has 4 nitrogen and oxygen atoms in total. The summed E-state index contributed by atoms with van der Waals surface area (Å²) >= 11 is 5.85. The molecule has 1 aromatic heterocycles. The molecule has 0 bridgehead atoms. The van der Waals surface area contributed by atoms with Crippen LogP contribution < -0.4 is 5.32 Å². The maximum Gasteiger partial charge on any atom is 0.171 e. The first-order valence-corrected chi connectivity index (χ1v) is 6.02. The molecular weight excluding hydrogens is 226 g/mol. The molecule has 88 valence electrons. The first-order chi connectivity index (χ1) is 7.86.